The quantitative estimate of drug-likeness (QED) is 0.859. The van der Waals surface area contributed by atoms with E-state index in [1.807, 2.05) is 6.07 Å². The van der Waals surface area contributed by atoms with Gasteiger partial charge >= 0.3 is 0 Å². The van der Waals surface area contributed by atoms with Crippen LogP contribution >= 0.6 is 0 Å². The molecule has 2 rings (SSSR count). The molecule has 1 heterocycles. The van der Waals surface area contributed by atoms with Crippen molar-refractivity contribution < 1.29 is 9.18 Å². The molecule has 0 aliphatic heterocycles. The summed E-state index contributed by atoms with van der Waals surface area (Å²) >= 11 is 0. The van der Waals surface area contributed by atoms with E-state index in [0.29, 0.717) is 16.7 Å². The summed E-state index contributed by atoms with van der Waals surface area (Å²) in [6.07, 6.45) is 2.80. The third kappa shape index (κ3) is 3.18. The fourth-order valence-electron chi connectivity index (χ4n) is 1.82. The Labute approximate surface area is 116 Å². The van der Waals surface area contributed by atoms with E-state index < -0.39 is 0 Å². The van der Waals surface area contributed by atoms with Gasteiger partial charge in [-0.1, -0.05) is 12.1 Å². The van der Waals surface area contributed by atoms with Crippen LogP contribution in [-0.2, 0) is 6.54 Å². The predicted octanol–water partition coefficient (Wildman–Crippen LogP) is 2.36. The average molecular weight is 269 g/mol. The third-order valence-electron chi connectivity index (χ3n) is 2.77. The van der Waals surface area contributed by atoms with Crippen LogP contribution in [0.15, 0.2) is 42.7 Å². The summed E-state index contributed by atoms with van der Waals surface area (Å²) in [4.78, 5) is 17.5. The van der Waals surface area contributed by atoms with Crippen LogP contribution in [0.1, 0.15) is 21.5 Å². The third-order valence-corrected chi connectivity index (χ3v) is 2.77. The lowest BCUT2D eigenvalue weighted by Crippen LogP contribution is -2.26. The number of carbonyl (C=O) groups excluding carboxylic acids is 1. The van der Waals surface area contributed by atoms with Gasteiger partial charge in [-0.3, -0.25) is 9.78 Å². The van der Waals surface area contributed by atoms with Gasteiger partial charge in [0.2, 0.25) is 0 Å². The monoisotopic (exact) mass is 269 g/mol. The highest BCUT2D eigenvalue weighted by Gasteiger charge is 2.13. The number of nitriles is 1. The lowest BCUT2D eigenvalue weighted by Gasteiger charge is -2.17. The fraction of sp³-hybridized carbons (Fsp3) is 0.133. The fourth-order valence-corrected chi connectivity index (χ4v) is 1.82. The lowest BCUT2D eigenvalue weighted by atomic mass is 10.1. The molecule has 20 heavy (non-hydrogen) atoms. The predicted molar refractivity (Wildman–Crippen MR) is 71.1 cm³/mol. The molecule has 0 unspecified atom stereocenters. The Hall–Kier alpha value is -2.74. The minimum Gasteiger partial charge on any atom is -0.337 e. The van der Waals surface area contributed by atoms with Gasteiger partial charge in [0.15, 0.2) is 0 Å². The molecule has 1 aromatic carbocycles. The van der Waals surface area contributed by atoms with E-state index in [1.54, 1.807) is 19.2 Å². The number of hydrogen-bond acceptors (Lipinski definition) is 3. The van der Waals surface area contributed by atoms with Crippen molar-refractivity contribution in [3.05, 3.63) is 65.2 Å². The van der Waals surface area contributed by atoms with Crippen molar-refractivity contribution in [3.63, 3.8) is 0 Å². The molecule has 0 fully saturated rings. The molecule has 0 spiro atoms. The number of hydrogen-bond donors (Lipinski definition) is 0. The van der Waals surface area contributed by atoms with E-state index >= 15 is 0 Å². The Morgan fingerprint density at radius 2 is 2.20 bits per heavy atom. The highest BCUT2D eigenvalue weighted by molar-refractivity contribution is 5.94. The molecule has 0 bridgehead atoms. The molecule has 0 atom stereocenters. The maximum absolute atomic E-state index is 13.1. The van der Waals surface area contributed by atoms with Gasteiger partial charge in [0.05, 0.1) is 11.1 Å². The molecule has 2 aromatic rings. The minimum absolute atomic E-state index is 0.265. The second-order valence-electron chi connectivity index (χ2n) is 4.37. The smallest absolute Gasteiger partial charge is 0.255 e. The van der Waals surface area contributed by atoms with Crippen LogP contribution in [-0.4, -0.2) is 22.8 Å². The Morgan fingerprint density at radius 1 is 1.40 bits per heavy atom. The van der Waals surface area contributed by atoms with E-state index in [4.69, 9.17) is 5.26 Å². The Balaban J connectivity index is 2.14. The summed E-state index contributed by atoms with van der Waals surface area (Å²) in [7, 11) is 1.62. The summed E-state index contributed by atoms with van der Waals surface area (Å²) in [6.45, 7) is 0.285. The largest absolute Gasteiger partial charge is 0.337 e. The molecule has 0 N–H and O–H groups in total. The van der Waals surface area contributed by atoms with Crippen molar-refractivity contribution in [3.8, 4) is 6.07 Å². The van der Waals surface area contributed by atoms with Crippen molar-refractivity contribution in [1.29, 1.82) is 5.26 Å². The number of nitrogens with zero attached hydrogens (tertiary/aromatic N) is 3. The van der Waals surface area contributed by atoms with E-state index in [2.05, 4.69) is 4.98 Å². The van der Waals surface area contributed by atoms with Gasteiger partial charge in [-0.15, -0.1) is 0 Å². The number of halogens is 1. The number of carbonyl (C=O) groups is 1. The molecule has 4 nitrogen and oxygen atoms in total. The molecule has 0 saturated carbocycles. The first-order valence-electron chi connectivity index (χ1n) is 5.95. The van der Waals surface area contributed by atoms with Crippen LogP contribution in [0.25, 0.3) is 0 Å². The van der Waals surface area contributed by atoms with Gasteiger partial charge in [-0.2, -0.15) is 5.26 Å². The van der Waals surface area contributed by atoms with E-state index in [0.717, 1.165) is 0 Å². The first-order chi connectivity index (χ1) is 9.60. The van der Waals surface area contributed by atoms with Gasteiger partial charge in [-0.25, -0.2) is 4.39 Å². The molecular formula is C15H12FN3O. The van der Waals surface area contributed by atoms with Crippen molar-refractivity contribution >= 4 is 5.91 Å². The standard InChI is InChI=1S/C15H12FN3O/c1-19(10-11-3-2-4-14(16)6-11)15(20)13-5-12(7-17)8-18-9-13/h2-6,8-9H,10H2,1H3. The maximum atomic E-state index is 13.1. The Kier molecular flexibility index (Phi) is 4.06. The Morgan fingerprint density at radius 3 is 2.90 bits per heavy atom. The summed E-state index contributed by atoms with van der Waals surface area (Å²) in [5, 5.41) is 8.79. The van der Waals surface area contributed by atoms with Gasteiger partial charge in [0.25, 0.3) is 5.91 Å². The van der Waals surface area contributed by atoms with Crippen LogP contribution in [0.2, 0.25) is 0 Å². The zero-order chi connectivity index (χ0) is 14.5. The molecule has 1 amide bonds. The van der Waals surface area contributed by atoms with Gasteiger partial charge in [0, 0.05) is 26.0 Å². The summed E-state index contributed by atoms with van der Waals surface area (Å²) in [5.41, 5.74) is 1.36. The molecule has 100 valence electrons. The molecule has 0 radical (unpaired) electrons. The second-order valence-corrected chi connectivity index (χ2v) is 4.37. The van der Waals surface area contributed by atoms with Gasteiger partial charge < -0.3 is 4.90 Å². The molecule has 0 saturated heterocycles. The average Bonchev–Trinajstić information content (AvgIpc) is 2.46. The van der Waals surface area contributed by atoms with Crippen LogP contribution in [0.3, 0.4) is 0 Å². The van der Waals surface area contributed by atoms with Crippen molar-refractivity contribution in [2.24, 2.45) is 0 Å². The topological polar surface area (TPSA) is 57.0 Å². The molecule has 1 aromatic heterocycles. The highest BCUT2D eigenvalue weighted by atomic mass is 19.1. The van der Waals surface area contributed by atoms with Crippen LogP contribution in [0.5, 0.6) is 0 Å². The SMILES string of the molecule is CN(Cc1cccc(F)c1)C(=O)c1cncc(C#N)c1. The molecule has 5 heteroatoms. The van der Waals surface area contributed by atoms with Crippen LogP contribution in [0.4, 0.5) is 4.39 Å². The second kappa shape index (κ2) is 5.93. The number of pyridine rings is 1. The van der Waals surface area contributed by atoms with Gasteiger partial charge in [0.1, 0.15) is 11.9 Å². The number of amides is 1. The number of aromatic nitrogens is 1. The summed E-state index contributed by atoms with van der Waals surface area (Å²) < 4.78 is 13.1. The number of benzene rings is 1. The first kappa shape index (κ1) is 13.7. The van der Waals surface area contributed by atoms with Crippen molar-refractivity contribution in [2.75, 3.05) is 7.05 Å². The molecular weight excluding hydrogens is 257 g/mol. The van der Waals surface area contributed by atoms with Gasteiger partial charge in [-0.05, 0) is 23.8 Å². The zero-order valence-electron chi connectivity index (χ0n) is 10.9. The molecule has 0 aliphatic carbocycles. The lowest BCUT2D eigenvalue weighted by molar-refractivity contribution is 0.0784. The zero-order valence-corrected chi connectivity index (χ0v) is 10.9. The number of rotatable bonds is 3. The van der Waals surface area contributed by atoms with E-state index in [-0.39, 0.29) is 18.3 Å². The normalized spacial score (nSPS) is 9.85. The maximum Gasteiger partial charge on any atom is 0.255 e. The minimum atomic E-state index is -0.337. The van der Waals surface area contributed by atoms with Crippen molar-refractivity contribution in [1.82, 2.24) is 9.88 Å². The van der Waals surface area contributed by atoms with Crippen molar-refractivity contribution in [2.45, 2.75) is 6.54 Å². The summed E-state index contributed by atoms with van der Waals surface area (Å²) in [5.74, 6) is -0.602. The summed E-state index contributed by atoms with van der Waals surface area (Å²) in [6, 6.07) is 9.50. The first-order valence-corrected chi connectivity index (χ1v) is 5.95. The highest BCUT2D eigenvalue weighted by Crippen LogP contribution is 2.10. The van der Waals surface area contributed by atoms with Crippen LogP contribution in [0, 0.1) is 17.1 Å². The Bertz CT molecular complexity index is 679. The van der Waals surface area contributed by atoms with E-state index in [9.17, 15) is 9.18 Å². The molecule has 0 aliphatic rings. The van der Waals surface area contributed by atoms with Crippen LogP contribution < -0.4 is 0 Å². The van der Waals surface area contributed by atoms with E-state index in [1.165, 1.54) is 35.5 Å².